The molecular formula is C27H29N3O3. The maximum absolute atomic E-state index is 13.5. The summed E-state index contributed by atoms with van der Waals surface area (Å²) in [5.41, 5.74) is 2.65. The molecule has 1 aromatic heterocycles. The molecule has 0 spiro atoms. The van der Waals surface area contributed by atoms with E-state index in [0.717, 1.165) is 47.9 Å². The summed E-state index contributed by atoms with van der Waals surface area (Å²) in [6.07, 6.45) is 5.91. The molecule has 3 aromatic rings. The van der Waals surface area contributed by atoms with Gasteiger partial charge >= 0.3 is 0 Å². The molecule has 0 radical (unpaired) electrons. The van der Waals surface area contributed by atoms with Crippen LogP contribution in [0.2, 0.25) is 0 Å². The van der Waals surface area contributed by atoms with E-state index in [-0.39, 0.29) is 23.9 Å². The summed E-state index contributed by atoms with van der Waals surface area (Å²) in [6, 6.07) is 17.6. The Kier molecular flexibility index (Phi) is 5.99. The van der Waals surface area contributed by atoms with E-state index in [0.29, 0.717) is 25.1 Å². The van der Waals surface area contributed by atoms with Crippen molar-refractivity contribution in [1.82, 2.24) is 14.8 Å². The van der Waals surface area contributed by atoms with Gasteiger partial charge in [0.2, 0.25) is 5.91 Å². The lowest BCUT2D eigenvalue weighted by atomic mass is 9.95. The molecule has 2 atom stereocenters. The molecule has 0 bridgehead atoms. The minimum absolute atomic E-state index is 0.0459. The maximum Gasteiger partial charge on any atom is 0.254 e. The molecule has 2 aliphatic rings. The van der Waals surface area contributed by atoms with Gasteiger partial charge in [-0.3, -0.25) is 14.6 Å². The second-order valence-corrected chi connectivity index (χ2v) is 8.95. The number of hydrogen-bond donors (Lipinski definition) is 0. The zero-order valence-electron chi connectivity index (χ0n) is 18.9. The van der Waals surface area contributed by atoms with Gasteiger partial charge in [0, 0.05) is 36.7 Å². The van der Waals surface area contributed by atoms with Gasteiger partial charge in [-0.1, -0.05) is 24.6 Å². The third-order valence-corrected chi connectivity index (χ3v) is 6.99. The number of rotatable bonds is 4. The van der Waals surface area contributed by atoms with E-state index in [4.69, 9.17) is 4.74 Å². The van der Waals surface area contributed by atoms with E-state index in [1.165, 1.54) is 0 Å². The normalized spacial score (nSPS) is 20.9. The minimum Gasteiger partial charge on any atom is -0.497 e. The molecule has 3 heterocycles. The Labute approximate surface area is 194 Å². The van der Waals surface area contributed by atoms with Crippen LogP contribution in [-0.4, -0.2) is 52.3 Å². The van der Waals surface area contributed by atoms with E-state index < -0.39 is 0 Å². The number of pyridine rings is 1. The molecule has 170 valence electrons. The van der Waals surface area contributed by atoms with Crippen molar-refractivity contribution < 1.29 is 14.3 Å². The highest BCUT2D eigenvalue weighted by Crippen LogP contribution is 2.32. The van der Waals surface area contributed by atoms with Gasteiger partial charge in [0.15, 0.2) is 0 Å². The lowest BCUT2D eigenvalue weighted by Crippen LogP contribution is -2.49. The zero-order valence-corrected chi connectivity index (χ0v) is 18.9. The summed E-state index contributed by atoms with van der Waals surface area (Å²) in [5, 5.41) is 0.966. The number of aromatic nitrogens is 1. The number of carbonyl (C=O) groups excluding carboxylic acids is 2. The number of fused-ring (bicyclic) bond motifs is 2. The summed E-state index contributed by atoms with van der Waals surface area (Å²) in [7, 11) is 1.65. The largest absolute Gasteiger partial charge is 0.497 e. The predicted octanol–water partition coefficient (Wildman–Crippen LogP) is 4.43. The molecule has 0 aliphatic carbocycles. The molecule has 2 amide bonds. The number of methoxy groups -OCH3 is 1. The minimum atomic E-state index is 0.0459. The monoisotopic (exact) mass is 443 g/mol. The first-order valence-corrected chi connectivity index (χ1v) is 11.7. The first-order valence-electron chi connectivity index (χ1n) is 11.7. The van der Waals surface area contributed by atoms with Crippen molar-refractivity contribution >= 4 is 22.7 Å². The fourth-order valence-corrected chi connectivity index (χ4v) is 5.27. The second-order valence-electron chi connectivity index (χ2n) is 8.95. The Balaban J connectivity index is 1.40. The van der Waals surface area contributed by atoms with Crippen molar-refractivity contribution in [1.29, 1.82) is 0 Å². The van der Waals surface area contributed by atoms with Gasteiger partial charge in [0.1, 0.15) is 5.75 Å². The molecule has 0 unspecified atom stereocenters. The number of nitrogens with zero attached hydrogens (tertiary/aromatic N) is 3. The Morgan fingerprint density at radius 2 is 1.91 bits per heavy atom. The smallest absolute Gasteiger partial charge is 0.254 e. The van der Waals surface area contributed by atoms with Crippen LogP contribution in [0.4, 0.5) is 0 Å². The summed E-state index contributed by atoms with van der Waals surface area (Å²) in [5.74, 6) is 1.04. The third kappa shape index (κ3) is 4.30. The molecule has 6 heteroatoms. The van der Waals surface area contributed by atoms with Crippen LogP contribution in [0.5, 0.6) is 5.75 Å². The Morgan fingerprint density at radius 3 is 2.73 bits per heavy atom. The van der Waals surface area contributed by atoms with Crippen LogP contribution in [0, 0.1) is 0 Å². The third-order valence-electron chi connectivity index (χ3n) is 6.99. The van der Waals surface area contributed by atoms with E-state index in [9.17, 15) is 9.59 Å². The number of carbonyl (C=O) groups is 2. The first-order chi connectivity index (χ1) is 16.1. The van der Waals surface area contributed by atoms with Gasteiger partial charge in [0.05, 0.1) is 24.7 Å². The second kappa shape index (κ2) is 9.22. The fourth-order valence-electron chi connectivity index (χ4n) is 5.27. The number of ether oxygens (including phenoxy) is 1. The van der Waals surface area contributed by atoms with Crippen LogP contribution in [0.25, 0.3) is 10.9 Å². The highest BCUT2D eigenvalue weighted by atomic mass is 16.5. The average Bonchev–Trinajstić information content (AvgIpc) is 3.26. The van der Waals surface area contributed by atoms with E-state index >= 15 is 0 Å². The molecule has 6 nitrogen and oxygen atoms in total. The Hall–Kier alpha value is -3.41. The molecule has 2 aromatic carbocycles. The van der Waals surface area contributed by atoms with Crippen LogP contribution in [-0.2, 0) is 11.3 Å². The number of amides is 2. The quantitative estimate of drug-likeness (QED) is 0.599. The Bertz CT molecular complexity index is 1160. The number of likely N-dealkylation sites (tertiary alicyclic amines) is 2. The Morgan fingerprint density at radius 1 is 1.06 bits per heavy atom. The molecule has 0 N–H and O–H groups in total. The maximum atomic E-state index is 13.5. The molecule has 2 saturated heterocycles. The van der Waals surface area contributed by atoms with Crippen LogP contribution in [0.15, 0.2) is 60.8 Å². The number of benzene rings is 2. The van der Waals surface area contributed by atoms with Gasteiger partial charge in [-0.05, 0) is 61.2 Å². The zero-order chi connectivity index (χ0) is 22.8. The van der Waals surface area contributed by atoms with E-state index in [1.54, 1.807) is 13.3 Å². The van der Waals surface area contributed by atoms with E-state index in [2.05, 4.69) is 4.98 Å². The topological polar surface area (TPSA) is 62.7 Å². The van der Waals surface area contributed by atoms with Gasteiger partial charge in [0.25, 0.3) is 5.91 Å². The fraction of sp³-hybridized carbons (Fsp3) is 0.370. The summed E-state index contributed by atoms with van der Waals surface area (Å²) >= 11 is 0. The molecular weight excluding hydrogens is 414 g/mol. The van der Waals surface area contributed by atoms with Crippen molar-refractivity contribution in [2.24, 2.45) is 0 Å². The molecule has 2 fully saturated rings. The van der Waals surface area contributed by atoms with Crippen LogP contribution in [0.1, 0.15) is 48.0 Å². The average molecular weight is 444 g/mol. The van der Waals surface area contributed by atoms with Gasteiger partial charge in [-0.2, -0.15) is 0 Å². The SMILES string of the molecule is COc1ccc(CN2C(=O)CCCC[C@@H]3[C@@H]2CCN3C(=O)c2ccc3ncccc3c2)cc1. The highest BCUT2D eigenvalue weighted by molar-refractivity contribution is 5.98. The van der Waals surface area contributed by atoms with Crippen LogP contribution < -0.4 is 4.74 Å². The van der Waals surface area contributed by atoms with Crippen molar-refractivity contribution in [3.05, 3.63) is 71.9 Å². The molecule has 0 saturated carbocycles. The van der Waals surface area contributed by atoms with Crippen molar-refractivity contribution in [3.63, 3.8) is 0 Å². The predicted molar refractivity (Wildman–Crippen MR) is 127 cm³/mol. The lowest BCUT2D eigenvalue weighted by Gasteiger charge is -2.37. The summed E-state index contributed by atoms with van der Waals surface area (Å²) in [6.45, 7) is 1.24. The lowest BCUT2D eigenvalue weighted by molar-refractivity contribution is -0.135. The standard InChI is InChI=1S/C27H29N3O3/c1-33-22-11-8-19(9-12-22)18-30-25-14-16-29(24(25)6-2-3-7-26(30)31)27(32)21-10-13-23-20(17-21)5-4-15-28-23/h4-5,8-13,15,17,24-25H,2-3,6-7,14,16,18H2,1H3/t24-,25+/m1/s1. The van der Waals surface area contributed by atoms with Crippen molar-refractivity contribution in [2.75, 3.05) is 13.7 Å². The summed E-state index contributed by atoms with van der Waals surface area (Å²) in [4.78, 5) is 35.0. The summed E-state index contributed by atoms with van der Waals surface area (Å²) < 4.78 is 5.27. The highest BCUT2D eigenvalue weighted by Gasteiger charge is 2.42. The van der Waals surface area contributed by atoms with E-state index in [1.807, 2.05) is 64.4 Å². The molecule has 5 rings (SSSR count). The molecule has 33 heavy (non-hydrogen) atoms. The number of hydrogen-bond acceptors (Lipinski definition) is 4. The van der Waals surface area contributed by atoms with Gasteiger partial charge in [-0.15, -0.1) is 0 Å². The first kappa shape index (κ1) is 21.4. The van der Waals surface area contributed by atoms with Crippen molar-refractivity contribution in [2.45, 2.75) is 50.7 Å². The van der Waals surface area contributed by atoms with Crippen molar-refractivity contribution in [3.8, 4) is 5.75 Å². The van der Waals surface area contributed by atoms with Crippen LogP contribution >= 0.6 is 0 Å². The van der Waals surface area contributed by atoms with Gasteiger partial charge in [-0.25, -0.2) is 0 Å². The van der Waals surface area contributed by atoms with Crippen LogP contribution in [0.3, 0.4) is 0 Å². The molecule has 2 aliphatic heterocycles. The van der Waals surface area contributed by atoms with Gasteiger partial charge < -0.3 is 14.5 Å².